The average molecular weight is 415 g/mol. The molecule has 1 aliphatic rings. The first kappa shape index (κ1) is 20.3. The van der Waals surface area contributed by atoms with Crippen LogP contribution in [0.2, 0.25) is 0 Å². The lowest BCUT2D eigenvalue weighted by molar-refractivity contribution is -0.148. The Labute approximate surface area is 172 Å². The molecule has 160 valence electrons. The molecule has 0 radical (unpaired) electrons. The van der Waals surface area contributed by atoms with Crippen LogP contribution in [-0.4, -0.2) is 76.7 Å². The molecule has 30 heavy (non-hydrogen) atoms. The van der Waals surface area contributed by atoms with E-state index in [1.165, 1.54) is 6.33 Å². The summed E-state index contributed by atoms with van der Waals surface area (Å²) in [6, 6.07) is 1.82. The van der Waals surface area contributed by atoms with Gasteiger partial charge in [-0.25, -0.2) is 9.97 Å². The highest BCUT2D eigenvalue weighted by Gasteiger charge is 2.48. The van der Waals surface area contributed by atoms with E-state index in [1.54, 1.807) is 33.6 Å². The zero-order valence-corrected chi connectivity index (χ0v) is 17.0. The van der Waals surface area contributed by atoms with Gasteiger partial charge in [0.1, 0.15) is 30.0 Å². The molecule has 1 fully saturated rings. The van der Waals surface area contributed by atoms with Crippen LogP contribution in [0.3, 0.4) is 0 Å². The Hall–Kier alpha value is -3.02. The molecule has 4 rings (SSSR count). The molecule has 0 bridgehead atoms. The van der Waals surface area contributed by atoms with E-state index in [2.05, 4.69) is 15.1 Å². The first-order chi connectivity index (χ1) is 14.4. The van der Waals surface area contributed by atoms with Gasteiger partial charge in [-0.15, -0.1) is 0 Å². The highest BCUT2D eigenvalue weighted by molar-refractivity contribution is 5.99. The number of nitrogens with zero attached hydrogens (tertiary/aromatic N) is 6. The van der Waals surface area contributed by atoms with Gasteiger partial charge in [0.15, 0.2) is 12.3 Å². The third-order valence-corrected chi connectivity index (χ3v) is 5.46. The van der Waals surface area contributed by atoms with Crippen LogP contribution in [0.15, 0.2) is 24.8 Å². The maximum absolute atomic E-state index is 12.7. The first-order valence-corrected chi connectivity index (χ1v) is 9.78. The number of ether oxygens (including phenoxy) is 1. The monoisotopic (exact) mass is 415 g/mol. The molecule has 1 saturated heterocycles. The Morgan fingerprint density at radius 1 is 1.27 bits per heavy atom. The molecule has 0 saturated carbocycles. The van der Waals surface area contributed by atoms with Crippen molar-refractivity contribution in [2.45, 2.75) is 38.4 Å². The maximum atomic E-state index is 12.7. The van der Waals surface area contributed by atoms with Crippen molar-refractivity contribution >= 4 is 22.8 Å². The molecule has 1 aliphatic heterocycles. The van der Waals surface area contributed by atoms with Crippen molar-refractivity contribution in [2.75, 3.05) is 18.8 Å². The molecule has 4 atom stereocenters. The number of nitrogens with two attached hydrogens (primary N) is 1. The summed E-state index contributed by atoms with van der Waals surface area (Å²) in [7, 11) is 1.80. The van der Waals surface area contributed by atoms with Gasteiger partial charge in [-0.3, -0.25) is 9.48 Å². The number of aryl methyl sites for hydroxylation is 1. The smallest absolute Gasteiger partial charge is 0.254 e. The predicted molar refractivity (Wildman–Crippen MR) is 108 cm³/mol. The highest BCUT2D eigenvalue weighted by Crippen LogP contribution is 2.38. The summed E-state index contributed by atoms with van der Waals surface area (Å²) < 4.78 is 9.09. The van der Waals surface area contributed by atoms with Crippen LogP contribution >= 0.6 is 0 Å². The van der Waals surface area contributed by atoms with E-state index in [-0.39, 0.29) is 11.7 Å². The Morgan fingerprint density at radius 2 is 2.00 bits per heavy atom. The lowest BCUT2D eigenvalue weighted by Gasteiger charge is -2.23. The second kappa shape index (κ2) is 7.67. The number of hydrogen-bond donors (Lipinski definition) is 3. The molecule has 3 aromatic rings. The van der Waals surface area contributed by atoms with Crippen LogP contribution in [0.4, 0.5) is 5.82 Å². The van der Waals surface area contributed by atoms with E-state index in [4.69, 9.17) is 10.5 Å². The van der Waals surface area contributed by atoms with Gasteiger partial charge >= 0.3 is 0 Å². The molecular weight excluding hydrogens is 390 g/mol. The quantitative estimate of drug-likeness (QED) is 0.524. The van der Waals surface area contributed by atoms with Crippen molar-refractivity contribution in [1.29, 1.82) is 0 Å². The first-order valence-electron chi connectivity index (χ1n) is 9.78. The fourth-order valence-electron chi connectivity index (χ4n) is 3.86. The van der Waals surface area contributed by atoms with Crippen molar-refractivity contribution in [1.82, 2.24) is 29.2 Å². The van der Waals surface area contributed by atoms with E-state index < -0.39 is 24.5 Å². The number of nitrogen functional groups attached to an aromatic ring is 1. The molecule has 11 nitrogen and oxygen atoms in total. The normalized spacial score (nSPS) is 23.9. The van der Waals surface area contributed by atoms with E-state index >= 15 is 0 Å². The number of rotatable bonds is 5. The third-order valence-electron chi connectivity index (χ3n) is 5.46. The van der Waals surface area contributed by atoms with Crippen molar-refractivity contribution in [3.63, 3.8) is 0 Å². The second-order valence-corrected chi connectivity index (χ2v) is 7.22. The summed E-state index contributed by atoms with van der Waals surface area (Å²) in [5, 5.41) is 26.2. The fraction of sp³-hybridized carbons (Fsp3) is 0.474. The molecule has 0 aliphatic carbocycles. The number of hydrogen-bond acceptors (Lipinski definition) is 8. The number of aliphatic hydroxyl groups excluding tert-OH is 2. The topological polar surface area (TPSA) is 145 Å². The van der Waals surface area contributed by atoms with Gasteiger partial charge in [0.05, 0.1) is 11.1 Å². The highest BCUT2D eigenvalue weighted by atomic mass is 16.6. The van der Waals surface area contributed by atoms with Crippen LogP contribution in [0, 0.1) is 0 Å². The van der Waals surface area contributed by atoms with Crippen LogP contribution < -0.4 is 5.73 Å². The summed E-state index contributed by atoms with van der Waals surface area (Å²) in [6.07, 6.45) is -0.119. The molecule has 1 amide bonds. The van der Waals surface area contributed by atoms with Crippen LogP contribution in [0.5, 0.6) is 0 Å². The Balaban J connectivity index is 1.78. The van der Waals surface area contributed by atoms with Crippen LogP contribution in [0.1, 0.15) is 20.1 Å². The number of carbonyl (C=O) groups is 1. The van der Waals surface area contributed by atoms with Crippen LogP contribution in [-0.2, 0) is 16.6 Å². The lowest BCUT2D eigenvalue weighted by atomic mass is 10.1. The van der Waals surface area contributed by atoms with E-state index in [0.29, 0.717) is 35.4 Å². The third kappa shape index (κ3) is 3.11. The number of aliphatic hydroxyl groups is 2. The molecule has 0 unspecified atom stereocenters. The van der Waals surface area contributed by atoms with Gasteiger partial charge in [0.2, 0.25) is 0 Å². The van der Waals surface area contributed by atoms with Gasteiger partial charge in [-0.05, 0) is 19.9 Å². The maximum Gasteiger partial charge on any atom is 0.254 e. The van der Waals surface area contributed by atoms with Gasteiger partial charge in [0, 0.05) is 38.1 Å². The fourth-order valence-corrected chi connectivity index (χ4v) is 3.86. The number of amides is 1. The lowest BCUT2D eigenvalue weighted by Crippen LogP contribution is -2.45. The largest absolute Gasteiger partial charge is 0.387 e. The number of aromatic nitrogens is 5. The molecule has 3 aromatic heterocycles. The minimum absolute atomic E-state index is 0.253. The summed E-state index contributed by atoms with van der Waals surface area (Å²) in [6.45, 7) is 4.63. The Morgan fingerprint density at radius 3 is 2.63 bits per heavy atom. The molecular formula is C19H25N7O4. The Bertz CT molecular complexity index is 1070. The van der Waals surface area contributed by atoms with E-state index in [0.717, 1.165) is 0 Å². The summed E-state index contributed by atoms with van der Waals surface area (Å²) >= 11 is 0. The molecule has 0 aromatic carbocycles. The van der Waals surface area contributed by atoms with Gasteiger partial charge < -0.3 is 30.2 Å². The standard InChI is InChI=1S/C19H25N7O4/c1-4-25(5-2)18(29)15-13(27)14(28)19(30-15)26-8-10(11-6-7-24(3)23-11)12-16(20)21-9-22-17(12)26/h6-9,13-15,19,27-28H,4-5H2,1-3H3,(H2,20,21,22)/t13-,14+,15-,19+/m0/s1. The van der Waals surface area contributed by atoms with Crippen molar-refractivity contribution in [3.8, 4) is 11.3 Å². The molecule has 4 N–H and O–H groups in total. The van der Waals surface area contributed by atoms with Crippen molar-refractivity contribution < 1.29 is 19.7 Å². The number of carbonyl (C=O) groups excluding carboxylic acids is 1. The van der Waals surface area contributed by atoms with Gasteiger partial charge in [-0.1, -0.05) is 0 Å². The number of anilines is 1. The minimum Gasteiger partial charge on any atom is -0.387 e. The Kier molecular flexibility index (Phi) is 5.18. The molecule has 4 heterocycles. The summed E-state index contributed by atoms with van der Waals surface area (Å²) in [5.74, 6) is -0.118. The number of fused-ring (bicyclic) bond motifs is 1. The number of likely N-dealkylation sites (N-methyl/N-ethyl adjacent to an activating group) is 1. The van der Waals surface area contributed by atoms with Gasteiger partial charge in [-0.2, -0.15) is 5.10 Å². The summed E-state index contributed by atoms with van der Waals surface area (Å²) in [5.41, 5.74) is 7.83. The van der Waals surface area contributed by atoms with Crippen molar-refractivity contribution in [3.05, 3.63) is 24.8 Å². The summed E-state index contributed by atoms with van der Waals surface area (Å²) in [4.78, 5) is 22.7. The van der Waals surface area contributed by atoms with Crippen molar-refractivity contribution in [2.24, 2.45) is 7.05 Å². The minimum atomic E-state index is -1.38. The van der Waals surface area contributed by atoms with E-state index in [1.807, 2.05) is 19.9 Å². The second-order valence-electron chi connectivity index (χ2n) is 7.22. The zero-order valence-electron chi connectivity index (χ0n) is 17.0. The molecule has 0 spiro atoms. The van der Waals surface area contributed by atoms with Gasteiger partial charge in [0.25, 0.3) is 5.91 Å². The van der Waals surface area contributed by atoms with E-state index in [9.17, 15) is 15.0 Å². The SMILES string of the molecule is CCN(CC)C(=O)[C@H]1O[C@@H](n2cc(-c3ccn(C)n3)c3c(N)ncnc32)[C@H](O)[C@@H]1O. The zero-order chi connectivity index (χ0) is 21.6. The average Bonchev–Trinajstić information content (AvgIpc) is 3.40. The van der Waals surface area contributed by atoms with Crippen LogP contribution in [0.25, 0.3) is 22.3 Å². The predicted octanol–water partition coefficient (Wildman–Crippen LogP) is -0.0984. The molecule has 11 heteroatoms.